The standard InChI is InChI=1S/C4H9O7P/c1-2(5)3(6)4(7)11-12(8,9)10/h3-4,6-7H,1H3,(H2,8,9,10)/t3-,4-/m1/s1. The predicted octanol–water partition coefficient (Wildman–Crippen LogP) is -1.64. The van der Waals surface area contributed by atoms with Gasteiger partial charge >= 0.3 is 7.82 Å². The Morgan fingerprint density at radius 1 is 1.42 bits per heavy atom. The van der Waals surface area contributed by atoms with E-state index in [0.29, 0.717) is 0 Å². The minimum Gasteiger partial charge on any atom is -0.380 e. The van der Waals surface area contributed by atoms with Crippen LogP contribution in [0.4, 0.5) is 0 Å². The number of phosphoric ester groups is 1. The first-order valence-corrected chi connectivity index (χ1v) is 4.37. The van der Waals surface area contributed by atoms with Crippen LogP contribution in [0.1, 0.15) is 6.92 Å². The summed E-state index contributed by atoms with van der Waals surface area (Å²) >= 11 is 0. The third-order valence-electron chi connectivity index (χ3n) is 0.932. The van der Waals surface area contributed by atoms with Gasteiger partial charge in [-0.2, -0.15) is 0 Å². The maximum atomic E-state index is 10.3. The van der Waals surface area contributed by atoms with E-state index in [1.165, 1.54) is 0 Å². The number of hydrogen-bond acceptors (Lipinski definition) is 5. The molecule has 0 aliphatic heterocycles. The highest BCUT2D eigenvalue weighted by Gasteiger charge is 2.28. The van der Waals surface area contributed by atoms with Crippen molar-refractivity contribution in [2.45, 2.75) is 19.3 Å². The molecule has 0 aliphatic carbocycles. The fraction of sp³-hybridized carbons (Fsp3) is 0.750. The first-order chi connectivity index (χ1) is 5.24. The Balaban J connectivity index is 4.13. The van der Waals surface area contributed by atoms with Gasteiger partial charge in [0.05, 0.1) is 0 Å². The van der Waals surface area contributed by atoms with Crippen molar-refractivity contribution >= 4 is 13.6 Å². The van der Waals surface area contributed by atoms with Crippen molar-refractivity contribution in [3.63, 3.8) is 0 Å². The molecule has 0 amide bonds. The minimum atomic E-state index is -4.88. The van der Waals surface area contributed by atoms with Gasteiger partial charge in [0.15, 0.2) is 18.2 Å². The maximum absolute atomic E-state index is 10.3. The number of rotatable bonds is 4. The second-order valence-corrected chi connectivity index (χ2v) is 3.23. The Morgan fingerprint density at radius 2 is 1.83 bits per heavy atom. The van der Waals surface area contributed by atoms with E-state index in [-0.39, 0.29) is 0 Å². The van der Waals surface area contributed by atoms with Gasteiger partial charge in [-0.15, -0.1) is 0 Å². The molecular formula is C4H9O7P. The van der Waals surface area contributed by atoms with E-state index < -0.39 is 26.0 Å². The molecule has 0 aromatic rings. The summed E-state index contributed by atoms with van der Waals surface area (Å²) in [6.45, 7) is 0.941. The summed E-state index contributed by atoms with van der Waals surface area (Å²) < 4.78 is 13.7. The lowest BCUT2D eigenvalue weighted by Gasteiger charge is -2.15. The van der Waals surface area contributed by atoms with Gasteiger partial charge in [-0.05, 0) is 6.92 Å². The quantitative estimate of drug-likeness (QED) is 0.317. The van der Waals surface area contributed by atoms with E-state index in [1.54, 1.807) is 0 Å². The van der Waals surface area contributed by atoms with E-state index in [2.05, 4.69) is 4.52 Å². The van der Waals surface area contributed by atoms with Crippen LogP contribution in [0.2, 0.25) is 0 Å². The van der Waals surface area contributed by atoms with Crippen molar-refractivity contribution in [2.75, 3.05) is 0 Å². The maximum Gasteiger partial charge on any atom is 0.472 e. The van der Waals surface area contributed by atoms with Crippen LogP contribution in [0.15, 0.2) is 0 Å². The smallest absolute Gasteiger partial charge is 0.380 e. The Hall–Kier alpha value is -0.300. The number of carbonyl (C=O) groups is 1. The van der Waals surface area contributed by atoms with E-state index in [4.69, 9.17) is 20.0 Å². The molecule has 0 radical (unpaired) electrons. The average molecular weight is 200 g/mol. The summed E-state index contributed by atoms with van der Waals surface area (Å²) in [6.07, 6.45) is -4.15. The molecule has 0 bridgehead atoms. The highest BCUT2D eigenvalue weighted by Crippen LogP contribution is 2.37. The van der Waals surface area contributed by atoms with E-state index >= 15 is 0 Å². The summed E-state index contributed by atoms with van der Waals surface area (Å²) in [7, 11) is -4.88. The molecule has 4 N–H and O–H groups in total. The molecule has 0 rings (SSSR count). The van der Waals surface area contributed by atoms with Gasteiger partial charge in [0.25, 0.3) is 0 Å². The monoisotopic (exact) mass is 200 g/mol. The Labute approximate surface area is 67.8 Å². The highest BCUT2D eigenvalue weighted by atomic mass is 31.2. The van der Waals surface area contributed by atoms with Crippen LogP contribution in [0.3, 0.4) is 0 Å². The summed E-state index contributed by atoms with van der Waals surface area (Å²) in [5.41, 5.74) is 0. The van der Waals surface area contributed by atoms with Crippen LogP contribution in [0, 0.1) is 0 Å². The molecule has 72 valence electrons. The van der Waals surface area contributed by atoms with E-state index in [1.807, 2.05) is 0 Å². The van der Waals surface area contributed by atoms with Gasteiger partial charge in [0.1, 0.15) is 0 Å². The minimum absolute atomic E-state index is 0.851. The fourth-order valence-electron chi connectivity index (χ4n) is 0.399. The Kier molecular flexibility index (Phi) is 3.98. The van der Waals surface area contributed by atoms with Crippen molar-refractivity contribution in [3.8, 4) is 0 Å². The molecular weight excluding hydrogens is 191 g/mol. The second-order valence-electron chi connectivity index (χ2n) is 2.04. The average Bonchev–Trinajstić information content (AvgIpc) is 1.82. The third-order valence-corrected chi connectivity index (χ3v) is 1.42. The largest absolute Gasteiger partial charge is 0.472 e. The van der Waals surface area contributed by atoms with Crippen LogP contribution < -0.4 is 0 Å². The van der Waals surface area contributed by atoms with Crippen LogP contribution in [-0.4, -0.2) is 38.2 Å². The lowest BCUT2D eigenvalue weighted by Crippen LogP contribution is -2.33. The van der Waals surface area contributed by atoms with Crippen LogP contribution in [0.5, 0.6) is 0 Å². The molecule has 0 aromatic heterocycles. The summed E-state index contributed by atoms with van der Waals surface area (Å²) in [4.78, 5) is 26.6. The molecule has 2 atom stereocenters. The molecule has 0 aromatic carbocycles. The lowest BCUT2D eigenvalue weighted by molar-refractivity contribution is -0.149. The highest BCUT2D eigenvalue weighted by molar-refractivity contribution is 7.46. The van der Waals surface area contributed by atoms with Crippen LogP contribution in [-0.2, 0) is 13.9 Å². The molecule has 0 saturated heterocycles. The normalized spacial score (nSPS) is 17.1. The van der Waals surface area contributed by atoms with Crippen molar-refractivity contribution < 1.29 is 33.9 Å². The number of aliphatic hydroxyl groups excluding tert-OH is 2. The Morgan fingerprint density at radius 3 is 2.08 bits per heavy atom. The fourth-order valence-corrected chi connectivity index (χ4v) is 0.796. The van der Waals surface area contributed by atoms with Gasteiger partial charge in [-0.25, -0.2) is 4.57 Å². The zero-order chi connectivity index (χ0) is 9.94. The molecule has 0 aliphatic rings. The lowest BCUT2D eigenvalue weighted by atomic mass is 10.2. The van der Waals surface area contributed by atoms with Gasteiger partial charge in [-0.3, -0.25) is 9.32 Å². The van der Waals surface area contributed by atoms with Crippen LogP contribution in [0.25, 0.3) is 0 Å². The number of phosphoric acid groups is 1. The number of aliphatic hydroxyl groups is 2. The predicted molar refractivity (Wildman–Crippen MR) is 35.8 cm³/mol. The van der Waals surface area contributed by atoms with Gasteiger partial charge in [-0.1, -0.05) is 0 Å². The number of Topliss-reactive ketones (excluding diaryl/α,β-unsaturated/α-hetero) is 1. The van der Waals surface area contributed by atoms with E-state index in [0.717, 1.165) is 6.92 Å². The Bertz CT molecular complexity index is 207. The molecule has 7 nitrogen and oxygen atoms in total. The molecule has 0 fully saturated rings. The number of ketones is 1. The third kappa shape index (κ3) is 4.55. The van der Waals surface area contributed by atoms with Gasteiger partial charge in [0.2, 0.25) is 0 Å². The molecule has 8 heteroatoms. The van der Waals surface area contributed by atoms with Crippen molar-refractivity contribution in [1.82, 2.24) is 0 Å². The van der Waals surface area contributed by atoms with Crippen molar-refractivity contribution in [3.05, 3.63) is 0 Å². The molecule has 0 saturated carbocycles. The topological polar surface area (TPSA) is 124 Å². The second kappa shape index (κ2) is 4.08. The molecule has 0 unspecified atom stereocenters. The molecule has 0 heterocycles. The summed E-state index contributed by atoms with van der Waals surface area (Å²) in [5, 5.41) is 17.3. The van der Waals surface area contributed by atoms with Crippen molar-refractivity contribution in [1.29, 1.82) is 0 Å². The van der Waals surface area contributed by atoms with Gasteiger partial charge < -0.3 is 20.0 Å². The number of hydrogen-bond donors (Lipinski definition) is 4. The molecule has 0 spiro atoms. The van der Waals surface area contributed by atoms with Crippen LogP contribution >= 0.6 is 7.82 Å². The molecule has 12 heavy (non-hydrogen) atoms. The van der Waals surface area contributed by atoms with Gasteiger partial charge in [0, 0.05) is 0 Å². The number of carbonyl (C=O) groups excluding carboxylic acids is 1. The SMILES string of the molecule is CC(=O)[C@@H](O)[C@H](O)OP(=O)(O)O. The summed E-state index contributed by atoms with van der Waals surface area (Å²) in [6, 6.07) is 0. The zero-order valence-electron chi connectivity index (χ0n) is 6.12. The first-order valence-electron chi connectivity index (χ1n) is 2.84. The first kappa shape index (κ1) is 11.7. The van der Waals surface area contributed by atoms with E-state index in [9.17, 15) is 9.36 Å². The summed E-state index contributed by atoms with van der Waals surface area (Å²) in [5.74, 6) is -0.851. The van der Waals surface area contributed by atoms with Crippen molar-refractivity contribution in [2.24, 2.45) is 0 Å². The zero-order valence-corrected chi connectivity index (χ0v) is 7.01.